The number of nitrogens with one attached hydrogen (secondary N) is 1. The van der Waals surface area contributed by atoms with Crippen molar-refractivity contribution >= 4 is 29.7 Å². The third kappa shape index (κ3) is 3.70. The molecule has 128 valence electrons. The zero-order valence-corrected chi connectivity index (χ0v) is 15.2. The predicted octanol–water partition coefficient (Wildman–Crippen LogP) is 4.05. The summed E-state index contributed by atoms with van der Waals surface area (Å²) in [4.78, 5) is 14.6. The van der Waals surface area contributed by atoms with E-state index in [0.29, 0.717) is 21.7 Å². The van der Waals surface area contributed by atoms with E-state index in [2.05, 4.69) is 10.2 Å². The Balaban J connectivity index is 1.79. The van der Waals surface area contributed by atoms with E-state index in [0.717, 1.165) is 18.4 Å². The Labute approximate surface area is 151 Å². The summed E-state index contributed by atoms with van der Waals surface area (Å²) in [6, 6.07) is 7.69. The number of aromatic amines is 1. The molecule has 0 saturated heterocycles. The Kier molecular flexibility index (Phi) is 5.36. The fraction of sp³-hybridized carbons (Fsp3) is 0.471. The van der Waals surface area contributed by atoms with Crippen molar-refractivity contribution in [2.75, 3.05) is 7.05 Å². The molecule has 1 amide bonds. The molecule has 5 nitrogen and oxygen atoms in total. The van der Waals surface area contributed by atoms with Crippen LogP contribution < -0.4 is 0 Å². The van der Waals surface area contributed by atoms with Crippen molar-refractivity contribution in [3.05, 3.63) is 34.1 Å². The number of likely N-dealkylation sites (N-methyl/N-ethyl adjacent to an activating group) is 1. The molecule has 1 aliphatic rings. The van der Waals surface area contributed by atoms with Crippen LogP contribution in [0.2, 0.25) is 5.02 Å². The second-order valence-electron chi connectivity index (χ2n) is 6.24. The van der Waals surface area contributed by atoms with Gasteiger partial charge in [-0.2, -0.15) is 5.10 Å². The van der Waals surface area contributed by atoms with Gasteiger partial charge in [-0.3, -0.25) is 14.5 Å². The molecule has 1 aliphatic carbocycles. The van der Waals surface area contributed by atoms with Gasteiger partial charge in [-0.1, -0.05) is 30.9 Å². The number of benzene rings is 1. The Morgan fingerprint density at radius 2 is 2.00 bits per heavy atom. The summed E-state index contributed by atoms with van der Waals surface area (Å²) in [5.74, 6) is 0.719. The molecule has 0 spiro atoms. The number of halogens is 1. The van der Waals surface area contributed by atoms with Crippen molar-refractivity contribution in [1.82, 2.24) is 19.7 Å². The second-order valence-corrected chi connectivity index (χ2v) is 7.07. The second kappa shape index (κ2) is 7.49. The molecule has 0 atom stereocenters. The summed E-state index contributed by atoms with van der Waals surface area (Å²) < 4.78 is 2.20. The van der Waals surface area contributed by atoms with E-state index in [1.165, 1.54) is 19.3 Å². The van der Waals surface area contributed by atoms with Crippen LogP contribution in [-0.4, -0.2) is 38.7 Å². The Morgan fingerprint density at radius 3 is 2.67 bits per heavy atom. The standard InChI is InChI=1S/C17H21ClN4OS/c1-21(14-5-3-2-4-6-14)15(23)11-22-16(19-20-17(22)24)12-7-9-13(18)10-8-12/h7-10,14H,2-6,11H2,1H3,(H,20,24). The third-order valence-electron chi connectivity index (χ3n) is 4.67. The first kappa shape index (κ1) is 17.2. The highest BCUT2D eigenvalue weighted by molar-refractivity contribution is 7.71. The van der Waals surface area contributed by atoms with Crippen molar-refractivity contribution in [2.24, 2.45) is 0 Å². The fourth-order valence-corrected chi connectivity index (χ4v) is 3.53. The van der Waals surface area contributed by atoms with Crippen molar-refractivity contribution in [3.8, 4) is 11.4 Å². The van der Waals surface area contributed by atoms with Crippen LogP contribution in [0, 0.1) is 4.77 Å². The molecule has 1 saturated carbocycles. The topological polar surface area (TPSA) is 53.9 Å². The number of hydrogen-bond donors (Lipinski definition) is 1. The van der Waals surface area contributed by atoms with Gasteiger partial charge in [0.1, 0.15) is 6.54 Å². The number of carbonyl (C=O) groups excluding carboxylic acids is 1. The molecule has 1 aromatic heterocycles. The largest absolute Gasteiger partial charge is 0.341 e. The minimum atomic E-state index is 0.0645. The lowest BCUT2D eigenvalue weighted by Crippen LogP contribution is -2.40. The van der Waals surface area contributed by atoms with Gasteiger partial charge >= 0.3 is 0 Å². The highest BCUT2D eigenvalue weighted by Crippen LogP contribution is 2.23. The average Bonchev–Trinajstić information content (AvgIpc) is 2.96. The highest BCUT2D eigenvalue weighted by atomic mass is 35.5. The van der Waals surface area contributed by atoms with Crippen LogP contribution in [0.1, 0.15) is 32.1 Å². The monoisotopic (exact) mass is 364 g/mol. The van der Waals surface area contributed by atoms with Crippen molar-refractivity contribution < 1.29 is 4.79 Å². The maximum Gasteiger partial charge on any atom is 0.242 e. The van der Waals surface area contributed by atoms with Gasteiger partial charge in [0.2, 0.25) is 5.91 Å². The first-order valence-corrected chi connectivity index (χ1v) is 9.01. The van der Waals surface area contributed by atoms with E-state index in [-0.39, 0.29) is 12.5 Å². The van der Waals surface area contributed by atoms with Gasteiger partial charge < -0.3 is 4.90 Å². The van der Waals surface area contributed by atoms with Crippen LogP contribution in [0.25, 0.3) is 11.4 Å². The molecule has 0 aliphatic heterocycles. The van der Waals surface area contributed by atoms with Gasteiger partial charge in [0.25, 0.3) is 0 Å². The number of H-pyrrole nitrogens is 1. The minimum absolute atomic E-state index is 0.0645. The Hall–Kier alpha value is -1.66. The molecule has 7 heteroatoms. The maximum absolute atomic E-state index is 12.7. The molecule has 1 heterocycles. The predicted molar refractivity (Wildman–Crippen MR) is 97.5 cm³/mol. The lowest BCUT2D eigenvalue weighted by atomic mass is 9.94. The van der Waals surface area contributed by atoms with Crippen LogP contribution in [0.3, 0.4) is 0 Å². The summed E-state index contributed by atoms with van der Waals surface area (Å²) in [6.07, 6.45) is 5.84. The molecule has 24 heavy (non-hydrogen) atoms. The molecule has 0 radical (unpaired) electrons. The van der Waals surface area contributed by atoms with Gasteiger partial charge in [-0.15, -0.1) is 0 Å². The van der Waals surface area contributed by atoms with E-state index in [1.54, 1.807) is 16.7 Å². The van der Waals surface area contributed by atoms with Crippen LogP contribution >= 0.6 is 23.8 Å². The molecule has 2 aromatic rings. The summed E-state index contributed by atoms with van der Waals surface area (Å²) in [5, 5.41) is 7.72. The average molecular weight is 365 g/mol. The number of carbonyl (C=O) groups is 1. The van der Waals surface area contributed by atoms with Gasteiger partial charge in [0.05, 0.1) is 0 Å². The van der Waals surface area contributed by atoms with Crippen molar-refractivity contribution in [3.63, 3.8) is 0 Å². The van der Waals surface area contributed by atoms with E-state index in [9.17, 15) is 4.79 Å². The van der Waals surface area contributed by atoms with Crippen LogP contribution in [-0.2, 0) is 11.3 Å². The highest BCUT2D eigenvalue weighted by Gasteiger charge is 2.23. The van der Waals surface area contributed by atoms with E-state index < -0.39 is 0 Å². The van der Waals surface area contributed by atoms with E-state index >= 15 is 0 Å². The first-order valence-electron chi connectivity index (χ1n) is 8.23. The SMILES string of the molecule is CN(C(=O)Cn1c(-c2ccc(Cl)cc2)n[nH]c1=S)C1CCCCC1. The quantitative estimate of drug-likeness (QED) is 0.832. The number of amides is 1. The lowest BCUT2D eigenvalue weighted by molar-refractivity contribution is -0.133. The summed E-state index contributed by atoms with van der Waals surface area (Å²) in [7, 11) is 1.89. The molecule has 1 fully saturated rings. The Morgan fingerprint density at radius 1 is 1.33 bits per heavy atom. The summed E-state index contributed by atoms with van der Waals surface area (Å²) in [5.41, 5.74) is 0.875. The molecular formula is C17H21ClN4OS. The molecule has 1 N–H and O–H groups in total. The smallest absolute Gasteiger partial charge is 0.242 e. The number of hydrogen-bond acceptors (Lipinski definition) is 3. The van der Waals surface area contributed by atoms with Crippen molar-refractivity contribution in [1.29, 1.82) is 0 Å². The van der Waals surface area contributed by atoms with Crippen LogP contribution in [0.4, 0.5) is 0 Å². The zero-order valence-electron chi connectivity index (χ0n) is 13.7. The molecule has 0 bridgehead atoms. The normalized spacial score (nSPS) is 15.4. The van der Waals surface area contributed by atoms with Gasteiger partial charge in [-0.05, 0) is 49.3 Å². The van der Waals surface area contributed by atoms with Crippen molar-refractivity contribution in [2.45, 2.75) is 44.7 Å². The molecule has 3 rings (SSSR count). The van der Waals surface area contributed by atoms with Crippen LogP contribution in [0.5, 0.6) is 0 Å². The van der Waals surface area contributed by atoms with Gasteiger partial charge in [0.15, 0.2) is 10.6 Å². The molecular weight excluding hydrogens is 344 g/mol. The zero-order chi connectivity index (χ0) is 17.1. The number of rotatable bonds is 4. The molecule has 0 unspecified atom stereocenters. The van der Waals surface area contributed by atoms with Gasteiger partial charge in [0, 0.05) is 23.7 Å². The minimum Gasteiger partial charge on any atom is -0.341 e. The molecule has 1 aromatic carbocycles. The van der Waals surface area contributed by atoms with Crippen LogP contribution in [0.15, 0.2) is 24.3 Å². The third-order valence-corrected chi connectivity index (χ3v) is 5.23. The maximum atomic E-state index is 12.7. The van der Waals surface area contributed by atoms with E-state index in [1.807, 2.05) is 24.1 Å². The number of nitrogens with zero attached hydrogens (tertiary/aromatic N) is 3. The Bertz CT molecular complexity index is 762. The summed E-state index contributed by atoms with van der Waals surface area (Å²) in [6.45, 7) is 0.195. The first-order chi connectivity index (χ1) is 11.6. The van der Waals surface area contributed by atoms with Gasteiger partial charge in [-0.25, -0.2) is 0 Å². The summed E-state index contributed by atoms with van der Waals surface area (Å²) >= 11 is 11.2. The van der Waals surface area contributed by atoms with E-state index in [4.69, 9.17) is 23.8 Å². The lowest BCUT2D eigenvalue weighted by Gasteiger charge is -2.31. The number of aromatic nitrogens is 3. The fourth-order valence-electron chi connectivity index (χ4n) is 3.20.